The Kier molecular flexibility index (Phi) is 4.13. The highest BCUT2D eigenvalue weighted by Gasteiger charge is 2.35. The summed E-state index contributed by atoms with van der Waals surface area (Å²) in [4.78, 5) is 19.1. The Labute approximate surface area is 143 Å². The van der Waals surface area contributed by atoms with Crippen molar-refractivity contribution in [3.63, 3.8) is 0 Å². The molecule has 2 aromatic rings. The summed E-state index contributed by atoms with van der Waals surface area (Å²) in [5.41, 5.74) is 2.35. The van der Waals surface area contributed by atoms with Crippen molar-refractivity contribution >= 4 is 5.91 Å². The number of amides is 1. The number of likely N-dealkylation sites (tertiary alicyclic amines) is 1. The van der Waals surface area contributed by atoms with E-state index in [0.29, 0.717) is 17.7 Å². The lowest BCUT2D eigenvalue weighted by atomic mass is 9.96. The third-order valence-corrected chi connectivity index (χ3v) is 5.50. The van der Waals surface area contributed by atoms with Crippen LogP contribution >= 0.6 is 0 Å². The van der Waals surface area contributed by atoms with E-state index in [2.05, 4.69) is 45.6 Å². The molecule has 1 aromatic heterocycles. The highest BCUT2D eigenvalue weighted by Crippen LogP contribution is 2.30. The quantitative estimate of drug-likeness (QED) is 0.863. The lowest BCUT2D eigenvalue weighted by molar-refractivity contribution is -0.142. The van der Waals surface area contributed by atoms with Crippen LogP contribution in [0.1, 0.15) is 31.4 Å². The van der Waals surface area contributed by atoms with Crippen molar-refractivity contribution in [3.05, 3.63) is 42.2 Å². The van der Waals surface area contributed by atoms with Crippen molar-refractivity contribution in [2.24, 2.45) is 11.8 Å². The van der Waals surface area contributed by atoms with E-state index in [1.54, 1.807) is 0 Å². The fraction of sp³-hybridized carbons (Fsp3) is 0.500. The van der Waals surface area contributed by atoms with Gasteiger partial charge in [0.05, 0.1) is 0 Å². The summed E-state index contributed by atoms with van der Waals surface area (Å²) in [5, 5.41) is 0. The van der Waals surface area contributed by atoms with Gasteiger partial charge in [0.2, 0.25) is 5.91 Å². The first-order chi connectivity index (χ1) is 11.7. The summed E-state index contributed by atoms with van der Waals surface area (Å²) in [7, 11) is 0. The molecule has 0 unspecified atom stereocenters. The third-order valence-electron chi connectivity index (χ3n) is 5.50. The number of hydrogen-bond acceptors (Lipinski definition) is 2. The largest absolute Gasteiger partial charge is 0.342 e. The summed E-state index contributed by atoms with van der Waals surface area (Å²) < 4.78 is 2.30. The zero-order valence-corrected chi connectivity index (χ0v) is 14.3. The number of aryl methyl sites for hydroxylation is 1. The molecule has 4 heteroatoms. The smallest absolute Gasteiger partial charge is 0.225 e. The Bertz CT molecular complexity index is 710. The van der Waals surface area contributed by atoms with Gasteiger partial charge in [0, 0.05) is 48.9 Å². The first kappa shape index (κ1) is 15.4. The lowest BCUT2D eigenvalue weighted by Gasteiger charge is -2.41. The maximum atomic E-state index is 12.4. The molecule has 24 heavy (non-hydrogen) atoms. The summed E-state index contributed by atoms with van der Waals surface area (Å²) in [6.07, 6.45) is 6.59. The Morgan fingerprint density at radius 2 is 1.88 bits per heavy atom. The number of hydrogen-bond donors (Lipinski definition) is 0. The molecule has 1 aromatic carbocycles. The molecular formula is C20H25N3O. The van der Waals surface area contributed by atoms with E-state index in [1.807, 2.05) is 12.3 Å². The molecule has 4 nitrogen and oxygen atoms in total. The maximum absolute atomic E-state index is 12.4. The molecule has 1 aliphatic carbocycles. The normalized spacial score (nSPS) is 18.8. The molecule has 1 saturated carbocycles. The van der Waals surface area contributed by atoms with Gasteiger partial charge < -0.3 is 9.47 Å². The molecule has 0 spiro atoms. The van der Waals surface area contributed by atoms with Crippen LogP contribution in [0, 0.1) is 18.8 Å². The van der Waals surface area contributed by atoms with Crippen LogP contribution < -0.4 is 0 Å². The van der Waals surface area contributed by atoms with Crippen molar-refractivity contribution in [1.29, 1.82) is 0 Å². The minimum atomic E-state index is 0.306. The van der Waals surface area contributed by atoms with Gasteiger partial charge in [0.1, 0.15) is 5.82 Å². The Morgan fingerprint density at radius 3 is 2.58 bits per heavy atom. The molecule has 0 bridgehead atoms. The third kappa shape index (κ3) is 2.85. The predicted molar refractivity (Wildman–Crippen MR) is 94.4 cm³/mol. The number of carbonyl (C=O) groups excluding carboxylic acids is 1. The minimum Gasteiger partial charge on any atom is -0.342 e. The second-order valence-corrected chi connectivity index (χ2v) is 7.29. The SMILES string of the molecule is Cc1cnc(-c2ccccc2)n1CC1CN(C(=O)C2CCCC2)C1. The summed E-state index contributed by atoms with van der Waals surface area (Å²) >= 11 is 0. The highest BCUT2D eigenvalue weighted by atomic mass is 16.2. The molecule has 1 aliphatic heterocycles. The predicted octanol–water partition coefficient (Wildman–Crippen LogP) is 3.51. The van der Waals surface area contributed by atoms with Gasteiger partial charge in [0.25, 0.3) is 0 Å². The topological polar surface area (TPSA) is 38.1 Å². The fourth-order valence-electron chi connectivity index (χ4n) is 4.06. The lowest BCUT2D eigenvalue weighted by Crippen LogP contribution is -2.53. The molecule has 2 heterocycles. The van der Waals surface area contributed by atoms with E-state index in [9.17, 15) is 4.79 Å². The second kappa shape index (κ2) is 6.42. The van der Waals surface area contributed by atoms with E-state index < -0.39 is 0 Å². The number of carbonyl (C=O) groups is 1. The molecule has 126 valence electrons. The second-order valence-electron chi connectivity index (χ2n) is 7.29. The van der Waals surface area contributed by atoms with Crippen LogP contribution in [0.2, 0.25) is 0 Å². The number of benzene rings is 1. The van der Waals surface area contributed by atoms with Gasteiger partial charge >= 0.3 is 0 Å². The number of aromatic nitrogens is 2. The van der Waals surface area contributed by atoms with E-state index in [0.717, 1.165) is 43.9 Å². The van der Waals surface area contributed by atoms with Crippen LogP contribution in [0.4, 0.5) is 0 Å². The van der Waals surface area contributed by atoms with E-state index in [1.165, 1.54) is 18.5 Å². The highest BCUT2D eigenvalue weighted by molar-refractivity contribution is 5.79. The van der Waals surface area contributed by atoms with E-state index in [4.69, 9.17) is 0 Å². The van der Waals surface area contributed by atoms with Crippen LogP contribution in [-0.2, 0) is 11.3 Å². The number of rotatable bonds is 4. The van der Waals surface area contributed by atoms with Crippen molar-refractivity contribution in [2.75, 3.05) is 13.1 Å². The maximum Gasteiger partial charge on any atom is 0.225 e. The van der Waals surface area contributed by atoms with Crippen molar-refractivity contribution in [3.8, 4) is 11.4 Å². The van der Waals surface area contributed by atoms with Crippen molar-refractivity contribution in [2.45, 2.75) is 39.2 Å². The minimum absolute atomic E-state index is 0.306. The van der Waals surface area contributed by atoms with Crippen LogP contribution in [0.25, 0.3) is 11.4 Å². The summed E-state index contributed by atoms with van der Waals surface area (Å²) in [6.45, 7) is 4.87. The van der Waals surface area contributed by atoms with Gasteiger partial charge in [-0.15, -0.1) is 0 Å². The average molecular weight is 323 g/mol. The molecule has 1 amide bonds. The van der Waals surface area contributed by atoms with Crippen LogP contribution in [0.3, 0.4) is 0 Å². The van der Waals surface area contributed by atoms with Crippen molar-refractivity contribution in [1.82, 2.24) is 14.5 Å². The van der Waals surface area contributed by atoms with Gasteiger partial charge in [-0.25, -0.2) is 4.98 Å². The average Bonchev–Trinajstić information content (AvgIpc) is 3.21. The molecule has 1 saturated heterocycles. The van der Waals surface area contributed by atoms with Gasteiger partial charge in [-0.2, -0.15) is 0 Å². The van der Waals surface area contributed by atoms with Crippen LogP contribution in [0.15, 0.2) is 36.5 Å². The van der Waals surface area contributed by atoms with Gasteiger partial charge in [-0.1, -0.05) is 43.2 Å². The zero-order chi connectivity index (χ0) is 16.5. The molecule has 0 N–H and O–H groups in total. The number of nitrogens with zero attached hydrogens (tertiary/aromatic N) is 3. The van der Waals surface area contributed by atoms with Crippen molar-refractivity contribution < 1.29 is 4.79 Å². The van der Waals surface area contributed by atoms with Crippen LogP contribution in [-0.4, -0.2) is 33.4 Å². The van der Waals surface area contributed by atoms with Crippen LogP contribution in [0.5, 0.6) is 0 Å². The number of imidazole rings is 1. The first-order valence-electron chi connectivity index (χ1n) is 9.08. The molecular weight excluding hydrogens is 298 g/mol. The monoisotopic (exact) mass is 323 g/mol. The van der Waals surface area contributed by atoms with Gasteiger partial charge in [0.15, 0.2) is 0 Å². The fourth-order valence-corrected chi connectivity index (χ4v) is 4.06. The summed E-state index contributed by atoms with van der Waals surface area (Å²) in [5.74, 6) is 2.29. The zero-order valence-electron chi connectivity index (χ0n) is 14.3. The van der Waals surface area contributed by atoms with E-state index in [-0.39, 0.29) is 0 Å². The molecule has 2 aliphatic rings. The van der Waals surface area contributed by atoms with Gasteiger partial charge in [-0.3, -0.25) is 4.79 Å². The standard InChI is InChI=1S/C20H25N3O/c1-15-11-21-19(17-7-3-2-4-8-17)23(15)14-16-12-22(13-16)20(24)18-9-5-6-10-18/h2-4,7-8,11,16,18H,5-6,9-10,12-14H2,1H3. The van der Waals surface area contributed by atoms with Gasteiger partial charge in [-0.05, 0) is 19.8 Å². The molecule has 4 rings (SSSR count). The Hall–Kier alpha value is -2.10. The summed E-state index contributed by atoms with van der Waals surface area (Å²) in [6, 6.07) is 10.3. The molecule has 0 radical (unpaired) electrons. The Morgan fingerprint density at radius 1 is 1.17 bits per heavy atom. The molecule has 0 atom stereocenters. The Balaban J connectivity index is 1.41. The first-order valence-corrected chi connectivity index (χ1v) is 9.08. The molecule has 2 fully saturated rings. The van der Waals surface area contributed by atoms with E-state index >= 15 is 0 Å².